The second-order valence-corrected chi connectivity index (χ2v) is 8.31. The molecule has 1 aliphatic rings. The molecule has 0 spiro atoms. The Balaban J connectivity index is 1.64. The Morgan fingerprint density at radius 2 is 1.85 bits per heavy atom. The molecule has 1 heterocycles. The van der Waals surface area contributed by atoms with Gasteiger partial charge in [-0.1, -0.05) is 48.9 Å². The summed E-state index contributed by atoms with van der Waals surface area (Å²) >= 11 is 13.7. The molecule has 5 nitrogen and oxygen atoms in total. The molecule has 1 amide bonds. The van der Waals surface area contributed by atoms with E-state index in [-0.39, 0.29) is 28.5 Å². The van der Waals surface area contributed by atoms with Crippen molar-refractivity contribution in [2.24, 2.45) is 0 Å². The molecule has 146 valence electrons. The van der Waals surface area contributed by atoms with Gasteiger partial charge in [0.25, 0.3) is 5.91 Å². The van der Waals surface area contributed by atoms with Crippen molar-refractivity contribution in [3.63, 3.8) is 0 Å². The third-order valence-corrected chi connectivity index (χ3v) is 6.86. The highest BCUT2D eigenvalue weighted by Crippen LogP contribution is 2.43. The number of ether oxygens (including phenoxy) is 2. The third kappa shape index (κ3) is 4.68. The minimum atomic E-state index is -0.632. The van der Waals surface area contributed by atoms with Gasteiger partial charge in [0.05, 0.1) is 16.8 Å². The fourth-order valence-electron chi connectivity index (χ4n) is 3.26. The van der Waals surface area contributed by atoms with Gasteiger partial charge in [0.15, 0.2) is 6.61 Å². The van der Waals surface area contributed by atoms with E-state index in [0.717, 1.165) is 37.0 Å². The van der Waals surface area contributed by atoms with Crippen LogP contribution in [-0.2, 0) is 9.53 Å². The lowest BCUT2D eigenvalue weighted by molar-refractivity contribution is -0.125. The number of carbonyl (C=O) groups is 2. The largest absolute Gasteiger partial charge is 0.495 e. The van der Waals surface area contributed by atoms with Crippen molar-refractivity contribution in [2.75, 3.05) is 13.7 Å². The summed E-state index contributed by atoms with van der Waals surface area (Å²) in [5.41, 5.74) is 0. The van der Waals surface area contributed by atoms with Crippen LogP contribution in [0.5, 0.6) is 5.75 Å². The van der Waals surface area contributed by atoms with E-state index in [1.807, 2.05) is 0 Å². The SMILES string of the molecule is COc1ccc2c(Cl)c(C(=O)OCC(=O)NC3CCCCCC3)sc2c1Cl. The summed E-state index contributed by atoms with van der Waals surface area (Å²) in [5, 5.41) is 4.27. The highest BCUT2D eigenvalue weighted by Gasteiger charge is 2.22. The number of fused-ring (bicyclic) bond motifs is 1. The van der Waals surface area contributed by atoms with Crippen molar-refractivity contribution in [2.45, 2.75) is 44.6 Å². The minimum Gasteiger partial charge on any atom is -0.495 e. The Hall–Kier alpha value is -1.50. The number of nitrogens with one attached hydrogen (secondary N) is 1. The zero-order chi connectivity index (χ0) is 19.4. The van der Waals surface area contributed by atoms with Crippen molar-refractivity contribution in [3.05, 3.63) is 27.1 Å². The lowest BCUT2D eigenvalue weighted by Crippen LogP contribution is -2.37. The summed E-state index contributed by atoms with van der Waals surface area (Å²) < 4.78 is 11.0. The third-order valence-electron chi connectivity index (χ3n) is 4.66. The molecular formula is C19H21Cl2NO4S. The van der Waals surface area contributed by atoms with Crippen LogP contribution in [0.25, 0.3) is 10.1 Å². The first-order chi connectivity index (χ1) is 13.0. The predicted octanol–water partition coefficient (Wildman–Crippen LogP) is 5.21. The van der Waals surface area contributed by atoms with Gasteiger partial charge in [-0.3, -0.25) is 4.79 Å². The lowest BCUT2D eigenvalue weighted by atomic mass is 10.1. The minimum absolute atomic E-state index is 0.165. The molecule has 0 bridgehead atoms. The number of hydrogen-bond donors (Lipinski definition) is 1. The van der Waals surface area contributed by atoms with Crippen LogP contribution >= 0.6 is 34.5 Å². The molecule has 1 aliphatic carbocycles. The van der Waals surface area contributed by atoms with E-state index in [1.165, 1.54) is 20.0 Å². The molecule has 2 aromatic rings. The molecule has 1 aromatic heterocycles. The molecule has 1 saturated carbocycles. The van der Waals surface area contributed by atoms with Crippen LogP contribution < -0.4 is 10.1 Å². The molecule has 8 heteroatoms. The van der Waals surface area contributed by atoms with Crippen molar-refractivity contribution in [3.8, 4) is 5.75 Å². The fraction of sp³-hybridized carbons (Fsp3) is 0.474. The van der Waals surface area contributed by atoms with Crippen LogP contribution in [0.4, 0.5) is 0 Å². The zero-order valence-corrected chi connectivity index (χ0v) is 17.3. The summed E-state index contributed by atoms with van der Waals surface area (Å²) in [4.78, 5) is 24.7. The maximum Gasteiger partial charge on any atom is 0.350 e. The number of thiophene rings is 1. The van der Waals surface area contributed by atoms with Crippen LogP contribution in [0.15, 0.2) is 12.1 Å². The predicted molar refractivity (Wildman–Crippen MR) is 108 cm³/mol. The Bertz CT molecular complexity index is 844. The topological polar surface area (TPSA) is 64.6 Å². The second-order valence-electron chi connectivity index (χ2n) is 6.54. The maximum atomic E-state index is 12.4. The molecule has 3 rings (SSSR count). The van der Waals surface area contributed by atoms with Gasteiger partial charge in [-0.25, -0.2) is 4.79 Å². The molecular weight excluding hydrogens is 409 g/mol. The van der Waals surface area contributed by atoms with Gasteiger partial charge in [0, 0.05) is 11.4 Å². The van der Waals surface area contributed by atoms with E-state index < -0.39 is 5.97 Å². The van der Waals surface area contributed by atoms with Gasteiger partial charge in [0.2, 0.25) is 0 Å². The Labute approximate surface area is 171 Å². The summed E-state index contributed by atoms with van der Waals surface area (Å²) in [5.74, 6) is -0.413. The Morgan fingerprint density at radius 3 is 2.52 bits per heavy atom. The zero-order valence-electron chi connectivity index (χ0n) is 15.0. The van der Waals surface area contributed by atoms with Crippen molar-refractivity contribution >= 4 is 56.5 Å². The molecule has 0 radical (unpaired) electrons. The molecule has 0 atom stereocenters. The molecule has 1 aromatic carbocycles. The number of methoxy groups -OCH3 is 1. The number of halogens is 2. The molecule has 1 N–H and O–H groups in total. The quantitative estimate of drug-likeness (QED) is 0.522. The lowest BCUT2D eigenvalue weighted by Gasteiger charge is -2.15. The Morgan fingerprint density at radius 1 is 1.15 bits per heavy atom. The normalized spacial score (nSPS) is 15.4. The summed E-state index contributed by atoms with van der Waals surface area (Å²) in [7, 11) is 1.52. The van der Waals surface area contributed by atoms with Crippen molar-refractivity contribution in [1.82, 2.24) is 5.32 Å². The van der Waals surface area contributed by atoms with Gasteiger partial charge in [-0.05, 0) is 25.0 Å². The second kappa shape index (κ2) is 9.13. The van der Waals surface area contributed by atoms with Gasteiger partial charge in [-0.2, -0.15) is 0 Å². The van der Waals surface area contributed by atoms with Gasteiger partial charge >= 0.3 is 5.97 Å². The number of rotatable bonds is 5. The van der Waals surface area contributed by atoms with Gasteiger partial charge in [-0.15, -0.1) is 11.3 Å². The average molecular weight is 430 g/mol. The monoisotopic (exact) mass is 429 g/mol. The number of carbonyl (C=O) groups excluding carboxylic acids is 2. The van der Waals surface area contributed by atoms with Crippen LogP contribution in [0.2, 0.25) is 10.0 Å². The molecule has 0 saturated heterocycles. The first kappa shape index (κ1) is 20.2. The number of esters is 1. The summed E-state index contributed by atoms with van der Waals surface area (Å²) in [6.07, 6.45) is 6.60. The highest BCUT2D eigenvalue weighted by molar-refractivity contribution is 7.22. The number of benzene rings is 1. The van der Waals surface area contributed by atoms with E-state index in [4.69, 9.17) is 32.7 Å². The van der Waals surface area contributed by atoms with Crippen LogP contribution in [0.1, 0.15) is 48.2 Å². The van der Waals surface area contributed by atoms with E-state index in [0.29, 0.717) is 20.9 Å². The molecule has 0 unspecified atom stereocenters. The van der Waals surface area contributed by atoms with E-state index in [2.05, 4.69) is 5.32 Å². The van der Waals surface area contributed by atoms with E-state index in [9.17, 15) is 9.59 Å². The van der Waals surface area contributed by atoms with E-state index >= 15 is 0 Å². The summed E-state index contributed by atoms with van der Waals surface area (Å²) in [6, 6.07) is 3.60. The highest BCUT2D eigenvalue weighted by atomic mass is 35.5. The number of amides is 1. The van der Waals surface area contributed by atoms with Crippen LogP contribution in [0.3, 0.4) is 0 Å². The first-order valence-electron chi connectivity index (χ1n) is 8.92. The molecule has 1 fully saturated rings. The van der Waals surface area contributed by atoms with Crippen LogP contribution in [0, 0.1) is 0 Å². The average Bonchev–Trinajstić information content (AvgIpc) is 2.82. The van der Waals surface area contributed by atoms with E-state index in [1.54, 1.807) is 12.1 Å². The van der Waals surface area contributed by atoms with Gasteiger partial charge in [0.1, 0.15) is 15.6 Å². The Kier molecular flexibility index (Phi) is 6.84. The number of hydrogen-bond acceptors (Lipinski definition) is 5. The maximum absolute atomic E-state index is 12.4. The van der Waals surface area contributed by atoms with Crippen LogP contribution in [-0.4, -0.2) is 31.6 Å². The summed E-state index contributed by atoms with van der Waals surface area (Å²) in [6.45, 7) is -0.322. The smallest absolute Gasteiger partial charge is 0.350 e. The van der Waals surface area contributed by atoms with Gasteiger partial charge < -0.3 is 14.8 Å². The fourth-order valence-corrected chi connectivity index (χ4v) is 5.04. The molecule has 0 aliphatic heterocycles. The first-order valence-corrected chi connectivity index (χ1v) is 10.5. The molecule has 27 heavy (non-hydrogen) atoms. The van der Waals surface area contributed by atoms with Crippen molar-refractivity contribution < 1.29 is 19.1 Å². The van der Waals surface area contributed by atoms with Crippen molar-refractivity contribution in [1.29, 1.82) is 0 Å². The standard InChI is InChI=1S/C19H21Cl2NO4S/c1-25-13-9-8-12-15(20)18(27-17(12)16(13)21)19(24)26-10-14(23)22-11-6-4-2-3-5-7-11/h8-9,11H,2-7,10H2,1H3,(H,22,23).